The Morgan fingerprint density at radius 1 is 1.00 bits per heavy atom. The van der Waals surface area contributed by atoms with Crippen LogP contribution >= 0.6 is 0 Å². The van der Waals surface area contributed by atoms with Gasteiger partial charge in [0.05, 0.1) is 18.1 Å². The molecule has 0 bridgehead atoms. The van der Waals surface area contributed by atoms with Crippen LogP contribution in [0.3, 0.4) is 0 Å². The van der Waals surface area contributed by atoms with Crippen LogP contribution in [0.4, 0.5) is 0 Å². The Morgan fingerprint density at radius 3 is 2.43 bits per heavy atom. The lowest BCUT2D eigenvalue weighted by Gasteiger charge is -2.13. The van der Waals surface area contributed by atoms with Crippen molar-refractivity contribution in [1.82, 2.24) is 9.55 Å². The highest BCUT2D eigenvalue weighted by molar-refractivity contribution is 5.75. The van der Waals surface area contributed by atoms with E-state index in [2.05, 4.69) is 24.5 Å². The second kappa shape index (κ2) is 6.73. The van der Waals surface area contributed by atoms with E-state index in [9.17, 15) is 0 Å². The Bertz CT molecular complexity index is 793. The van der Waals surface area contributed by atoms with E-state index >= 15 is 0 Å². The summed E-state index contributed by atoms with van der Waals surface area (Å²) in [6.07, 6.45) is 0. The summed E-state index contributed by atoms with van der Waals surface area (Å²) < 4.78 is 13.5. The molecule has 3 rings (SSSR count). The number of rotatable bonds is 6. The van der Waals surface area contributed by atoms with E-state index in [-0.39, 0.29) is 0 Å². The molecule has 0 unspecified atom stereocenters. The summed E-state index contributed by atoms with van der Waals surface area (Å²) >= 11 is 0. The molecule has 0 N–H and O–H groups in total. The number of hydrogen-bond donors (Lipinski definition) is 0. The van der Waals surface area contributed by atoms with Gasteiger partial charge in [-0.2, -0.15) is 0 Å². The summed E-state index contributed by atoms with van der Waals surface area (Å²) in [5.74, 6) is 2.94. The van der Waals surface area contributed by atoms with Crippen LogP contribution in [0.1, 0.15) is 19.7 Å². The Labute approximate surface area is 136 Å². The first kappa shape index (κ1) is 15.4. The Kier molecular flexibility index (Phi) is 4.51. The van der Waals surface area contributed by atoms with Crippen LogP contribution in [-0.2, 0) is 13.2 Å². The van der Waals surface area contributed by atoms with E-state index in [1.807, 2.05) is 42.5 Å². The van der Waals surface area contributed by atoms with Crippen molar-refractivity contribution < 1.29 is 9.47 Å². The van der Waals surface area contributed by atoms with Gasteiger partial charge >= 0.3 is 0 Å². The van der Waals surface area contributed by atoms with Gasteiger partial charge < -0.3 is 14.0 Å². The van der Waals surface area contributed by atoms with E-state index in [1.54, 1.807) is 7.11 Å². The van der Waals surface area contributed by atoms with Gasteiger partial charge in [0.2, 0.25) is 0 Å². The molecule has 4 nitrogen and oxygen atoms in total. The van der Waals surface area contributed by atoms with Crippen molar-refractivity contribution in [3.05, 3.63) is 54.4 Å². The molecule has 0 saturated carbocycles. The lowest BCUT2D eigenvalue weighted by atomic mass is 10.2. The molecule has 120 valence electrons. The van der Waals surface area contributed by atoms with Gasteiger partial charge in [0.15, 0.2) is 11.5 Å². The normalized spacial score (nSPS) is 11.1. The second-order valence-corrected chi connectivity index (χ2v) is 5.96. The number of para-hydroxylation sites is 4. The quantitative estimate of drug-likeness (QED) is 0.682. The van der Waals surface area contributed by atoms with Crippen molar-refractivity contribution in [2.45, 2.75) is 27.0 Å². The molecule has 0 radical (unpaired) electrons. The molecule has 0 aliphatic rings. The Morgan fingerprint density at radius 2 is 1.70 bits per heavy atom. The van der Waals surface area contributed by atoms with Gasteiger partial charge in [-0.25, -0.2) is 4.98 Å². The standard InChI is InChI=1S/C19H22N2O2/c1-14(2)12-21-16-9-5-4-8-15(16)20-19(21)13-23-18-11-7-6-10-17(18)22-3/h4-11,14H,12-13H2,1-3H3. The van der Waals surface area contributed by atoms with E-state index in [0.29, 0.717) is 12.5 Å². The van der Waals surface area contributed by atoms with Gasteiger partial charge in [0.25, 0.3) is 0 Å². The first-order chi connectivity index (χ1) is 11.2. The van der Waals surface area contributed by atoms with Crippen LogP contribution in [0.5, 0.6) is 11.5 Å². The first-order valence-electron chi connectivity index (χ1n) is 7.89. The Balaban J connectivity index is 1.90. The van der Waals surface area contributed by atoms with Crippen LogP contribution in [0.2, 0.25) is 0 Å². The van der Waals surface area contributed by atoms with Crippen molar-refractivity contribution in [2.24, 2.45) is 5.92 Å². The summed E-state index contributed by atoms with van der Waals surface area (Å²) in [4.78, 5) is 4.73. The lowest BCUT2D eigenvalue weighted by molar-refractivity contribution is 0.270. The zero-order valence-corrected chi connectivity index (χ0v) is 13.8. The van der Waals surface area contributed by atoms with Crippen LogP contribution in [0.25, 0.3) is 11.0 Å². The number of ether oxygens (including phenoxy) is 2. The van der Waals surface area contributed by atoms with Crippen molar-refractivity contribution >= 4 is 11.0 Å². The third-order valence-electron chi connectivity index (χ3n) is 3.71. The van der Waals surface area contributed by atoms with Crippen molar-refractivity contribution in [1.29, 1.82) is 0 Å². The van der Waals surface area contributed by atoms with Gasteiger partial charge in [-0.15, -0.1) is 0 Å². The zero-order valence-electron chi connectivity index (χ0n) is 13.8. The average Bonchev–Trinajstić information content (AvgIpc) is 2.90. The molecule has 0 amide bonds. The van der Waals surface area contributed by atoms with E-state index in [0.717, 1.165) is 34.9 Å². The fraction of sp³-hybridized carbons (Fsp3) is 0.316. The molecule has 0 atom stereocenters. The van der Waals surface area contributed by atoms with E-state index in [1.165, 1.54) is 0 Å². The van der Waals surface area contributed by atoms with Gasteiger partial charge in [-0.3, -0.25) is 0 Å². The van der Waals surface area contributed by atoms with Crippen LogP contribution in [-0.4, -0.2) is 16.7 Å². The third-order valence-corrected chi connectivity index (χ3v) is 3.71. The molecule has 0 fully saturated rings. The van der Waals surface area contributed by atoms with Gasteiger partial charge in [0, 0.05) is 6.54 Å². The molecule has 1 heterocycles. The summed E-state index contributed by atoms with van der Waals surface area (Å²) in [5, 5.41) is 0. The molecule has 23 heavy (non-hydrogen) atoms. The minimum absolute atomic E-state index is 0.418. The SMILES string of the molecule is COc1ccccc1OCc1nc2ccccc2n1CC(C)C. The summed E-state index contributed by atoms with van der Waals surface area (Å²) in [6, 6.07) is 15.9. The summed E-state index contributed by atoms with van der Waals surface area (Å²) in [7, 11) is 1.65. The van der Waals surface area contributed by atoms with Crippen LogP contribution in [0.15, 0.2) is 48.5 Å². The van der Waals surface area contributed by atoms with Crippen molar-refractivity contribution in [3.63, 3.8) is 0 Å². The molecule has 0 spiro atoms. The molecular formula is C19H22N2O2. The Hall–Kier alpha value is -2.49. The van der Waals surface area contributed by atoms with Crippen molar-refractivity contribution in [3.8, 4) is 11.5 Å². The lowest BCUT2D eigenvalue weighted by Crippen LogP contribution is -2.11. The number of aromatic nitrogens is 2. The maximum atomic E-state index is 5.96. The monoisotopic (exact) mass is 310 g/mol. The zero-order chi connectivity index (χ0) is 16.2. The summed E-state index contributed by atoms with van der Waals surface area (Å²) in [6.45, 7) is 5.76. The highest BCUT2D eigenvalue weighted by atomic mass is 16.5. The van der Waals surface area contributed by atoms with E-state index in [4.69, 9.17) is 14.5 Å². The molecule has 0 aliphatic carbocycles. The second-order valence-electron chi connectivity index (χ2n) is 5.96. The minimum Gasteiger partial charge on any atom is -0.493 e. The molecular weight excluding hydrogens is 288 g/mol. The highest BCUT2D eigenvalue weighted by Gasteiger charge is 2.13. The fourth-order valence-electron chi connectivity index (χ4n) is 2.68. The summed E-state index contributed by atoms with van der Waals surface area (Å²) in [5.41, 5.74) is 2.16. The molecule has 1 aromatic heterocycles. The minimum atomic E-state index is 0.418. The van der Waals surface area contributed by atoms with E-state index < -0.39 is 0 Å². The largest absolute Gasteiger partial charge is 0.493 e. The first-order valence-corrected chi connectivity index (χ1v) is 7.89. The molecule has 0 aliphatic heterocycles. The van der Waals surface area contributed by atoms with Gasteiger partial charge in [-0.05, 0) is 30.2 Å². The maximum Gasteiger partial charge on any atom is 0.161 e. The average molecular weight is 310 g/mol. The molecule has 4 heteroatoms. The number of imidazole rings is 1. The predicted octanol–water partition coefficient (Wildman–Crippen LogP) is 4.28. The van der Waals surface area contributed by atoms with Crippen molar-refractivity contribution in [2.75, 3.05) is 7.11 Å². The molecule has 0 saturated heterocycles. The van der Waals surface area contributed by atoms with Crippen LogP contribution in [0, 0.1) is 5.92 Å². The van der Waals surface area contributed by atoms with Gasteiger partial charge in [0.1, 0.15) is 12.4 Å². The number of nitrogens with zero attached hydrogens (tertiary/aromatic N) is 2. The number of benzene rings is 2. The predicted molar refractivity (Wildman–Crippen MR) is 91.9 cm³/mol. The maximum absolute atomic E-state index is 5.96. The fourth-order valence-corrected chi connectivity index (χ4v) is 2.68. The number of methoxy groups -OCH3 is 1. The van der Waals surface area contributed by atoms with Gasteiger partial charge in [-0.1, -0.05) is 38.1 Å². The highest BCUT2D eigenvalue weighted by Crippen LogP contribution is 2.27. The third kappa shape index (κ3) is 3.31. The smallest absolute Gasteiger partial charge is 0.161 e. The molecule has 3 aromatic rings. The molecule has 2 aromatic carbocycles. The topological polar surface area (TPSA) is 36.3 Å². The van der Waals surface area contributed by atoms with Crippen LogP contribution < -0.4 is 9.47 Å². The number of hydrogen-bond acceptors (Lipinski definition) is 3. The number of fused-ring (bicyclic) bond motifs is 1.